The highest BCUT2D eigenvalue weighted by Gasteiger charge is 2.18. The Hall–Kier alpha value is -2.89. The fourth-order valence-corrected chi connectivity index (χ4v) is 1.89. The molecule has 1 heterocycles. The first-order valence-corrected chi connectivity index (χ1v) is 6.15. The van der Waals surface area contributed by atoms with E-state index >= 15 is 0 Å². The lowest BCUT2D eigenvalue weighted by Gasteiger charge is -2.20. The quantitative estimate of drug-likeness (QED) is 0.930. The standard InChI is InChI=1S/C15H14N2O4/c1-17(12-5-3-4-6-13(12)21-2)14(18)10-7-8-16-11(9-10)15(19)20/h3-9H,1-2H3,(H,19,20). The number of anilines is 1. The van der Waals surface area contributed by atoms with Gasteiger partial charge in [-0.15, -0.1) is 0 Å². The summed E-state index contributed by atoms with van der Waals surface area (Å²) >= 11 is 0. The second-order valence-corrected chi connectivity index (χ2v) is 4.27. The molecule has 0 bridgehead atoms. The van der Waals surface area contributed by atoms with E-state index in [-0.39, 0.29) is 17.2 Å². The minimum atomic E-state index is -1.18. The normalized spacial score (nSPS) is 10.0. The molecule has 0 unspecified atom stereocenters. The van der Waals surface area contributed by atoms with E-state index in [1.165, 1.54) is 30.3 Å². The number of hydrogen-bond acceptors (Lipinski definition) is 4. The Bertz CT molecular complexity index is 685. The number of methoxy groups -OCH3 is 1. The largest absolute Gasteiger partial charge is 0.495 e. The Balaban J connectivity index is 2.35. The van der Waals surface area contributed by atoms with Gasteiger partial charge in [0.2, 0.25) is 0 Å². The summed E-state index contributed by atoms with van der Waals surface area (Å²) in [4.78, 5) is 28.4. The summed E-state index contributed by atoms with van der Waals surface area (Å²) in [5.74, 6) is -0.963. The Morgan fingerprint density at radius 3 is 2.62 bits per heavy atom. The molecule has 108 valence electrons. The van der Waals surface area contributed by atoms with Crippen LogP contribution in [0.3, 0.4) is 0 Å². The van der Waals surface area contributed by atoms with Crippen LogP contribution in [-0.2, 0) is 0 Å². The first-order valence-electron chi connectivity index (χ1n) is 6.15. The van der Waals surface area contributed by atoms with E-state index < -0.39 is 5.97 Å². The molecule has 21 heavy (non-hydrogen) atoms. The van der Waals surface area contributed by atoms with Gasteiger partial charge in [-0.05, 0) is 24.3 Å². The number of hydrogen-bond donors (Lipinski definition) is 1. The van der Waals surface area contributed by atoms with E-state index in [0.29, 0.717) is 11.4 Å². The van der Waals surface area contributed by atoms with Gasteiger partial charge in [-0.3, -0.25) is 4.79 Å². The third-order valence-electron chi connectivity index (χ3n) is 2.98. The molecule has 0 saturated carbocycles. The van der Waals surface area contributed by atoms with E-state index in [1.807, 2.05) is 0 Å². The number of carbonyl (C=O) groups is 2. The van der Waals surface area contributed by atoms with Gasteiger partial charge in [-0.2, -0.15) is 0 Å². The summed E-state index contributed by atoms with van der Waals surface area (Å²) in [6.45, 7) is 0. The number of para-hydroxylation sites is 2. The highest BCUT2D eigenvalue weighted by Crippen LogP contribution is 2.27. The summed E-state index contributed by atoms with van der Waals surface area (Å²) in [5, 5.41) is 8.92. The highest BCUT2D eigenvalue weighted by molar-refractivity contribution is 6.07. The number of carbonyl (C=O) groups excluding carboxylic acids is 1. The molecule has 0 radical (unpaired) electrons. The van der Waals surface area contributed by atoms with Gasteiger partial charge >= 0.3 is 5.97 Å². The number of nitrogens with zero attached hydrogens (tertiary/aromatic N) is 2. The molecule has 1 N–H and O–H groups in total. The van der Waals surface area contributed by atoms with Crippen LogP contribution in [0, 0.1) is 0 Å². The topological polar surface area (TPSA) is 79.7 Å². The Morgan fingerprint density at radius 1 is 1.24 bits per heavy atom. The SMILES string of the molecule is COc1ccccc1N(C)C(=O)c1ccnc(C(=O)O)c1. The molecule has 0 aliphatic rings. The van der Waals surface area contributed by atoms with Gasteiger partial charge < -0.3 is 14.7 Å². The van der Waals surface area contributed by atoms with Crippen molar-refractivity contribution in [1.29, 1.82) is 0 Å². The molecule has 0 atom stereocenters. The smallest absolute Gasteiger partial charge is 0.354 e. The monoisotopic (exact) mass is 286 g/mol. The first kappa shape index (κ1) is 14.5. The van der Waals surface area contributed by atoms with Crippen LogP contribution in [0.2, 0.25) is 0 Å². The maximum atomic E-state index is 12.4. The predicted molar refractivity (Wildman–Crippen MR) is 76.9 cm³/mol. The molecule has 1 amide bonds. The Morgan fingerprint density at radius 2 is 1.95 bits per heavy atom. The molecular weight excluding hydrogens is 272 g/mol. The van der Waals surface area contributed by atoms with Crippen molar-refractivity contribution < 1.29 is 19.4 Å². The number of aromatic carboxylic acids is 1. The van der Waals surface area contributed by atoms with Crippen LogP contribution in [-0.4, -0.2) is 36.1 Å². The maximum absolute atomic E-state index is 12.4. The molecule has 2 aromatic rings. The number of carboxylic acids is 1. The van der Waals surface area contributed by atoms with Crippen LogP contribution in [0.25, 0.3) is 0 Å². The number of aromatic nitrogens is 1. The van der Waals surface area contributed by atoms with Gasteiger partial charge in [0.25, 0.3) is 5.91 Å². The number of benzene rings is 1. The third-order valence-corrected chi connectivity index (χ3v) is 2.98. The minimum absolute atomic E-state index is 0.172. The molecule has 0 spiro atoms. The Labute approximate surface area is 121 Å². The van der Waals surface area contributed by atoms with E-state index in [2.05, 4.69) is 4.98 Å². The second kappa shape index (κ2) is 6.04. The number of pyridine rings is 1. The van der Waals surface area contributed by atoms with Gasteiger partial charge in [0.15, 0.2) is 0 Å². The first-order chi connectivity index (χ1) is 10.0. The van der Waals surface area contributed by atoms with Crippen molar-refractivity contribution in [2.24, 2.45) is 0 Å². The molecular formula is C15H14N2O4. The van der Waals surface area contributed by atoms with E-state index in [4.69, 9.17) is 9.84 Å². The van der Waals surface area contributed by atoms with Crippen molar-refractivity contribution in [1.82, 2.24) is 4.98 Å². The maximum Gasteiger partial charge on any atom is 0.354 e. The van der Waals surface area contributed by atoms with Gasteiger partial charge in [0, 0.05) is 18.8 Å². The predicted octanol–water partition coefficient (Wildman–Crippen LogP) is 2.06. The van der Waals surface area contributed by atoms with Crippen molar-refractivity contribution in [3.05, 3.63) is 53.9 Å². The summed E-state index contributed by atoms with van der Waals surface area (Å²) < 4.78 is 5.21. The fourth-order valence-electron chi connectivity index (χ4n) is 1.89. The molecule has 1 aromatic heterocycles. The van der Waals surface area contributed by atoms with Gasteiger partial charge in [-0.25, -0.2) is 9.78 Å². The van der Waals surface area contributed by atoms with Crippen LogP contribution in [0.1, 0.15) is 20.8 Å². The molecule has 1 aromatic carbocycles. The van der Waals surface area contributed by atoms with Crippen molar-refractivity contribution in [2.45, 2.75) is 0 Å². The van der Waals surface area contributed by atoms with Crippen LogP contribution in [0.15, 0.2) is 42.6 Å². The lowest BCUT2D eigenvalue weighted by atomic mass is 10.2. The van der Waals surface area contributed by atoms with Crippen LogP contribution < -0.4 is 9.64 Å². The van der Waals surface area contributed by atoms with Crippen molar-refractivity contribution in [3.63, 3.8) is 0 Å². The molecule has 2 rings (SSSR count). The number of carboxylic acid groups (broad SMARTS) is 1. The Kier molecular flexibility index (Phi) is 4.18. The third kappa shape index (κ3) is 3.00. The van der Waals surface area contributed by atoms with Crippen LogP contribution >= 0.6 is 0 Å². The minimum Gasteiger partial charge on any atom is -0.495 e. The van der Waals surface area contributed by atoms with E-state index in [9.17, 15) is 9.59 Å². The molecule has 0 saturated heterocycles. The van der Waals surface area contributed by atoms with E-state index in [1.54, 1.807) is 31.3 Å². The summed E-state index contributed by atoms with van der Waals surface area (Å²) in [7, 11) is 3.12. The molecule has 0 fully saturated rings. The van der Waals surface area contributed by atoms with Gasteiger partial charge in [-0.1, -0.05) is 12.1 Å². The zero-order chi connectivity index (χ0) is 15.4. The number of rotatable bonds is 4. The molecule has 0 aliphatic heterocycles. The number of amides is 1. The number of ether oxygens (including phenoxy) is 1. The zero-order valence-corrected chi connectivity index (χ0v) is 11.6. The van der Waals surface area contributed by atoms with Crippen LogP contribution in [0.4, 0.5) is 5.69 Å². The fraction of sp³-hybridized carbons (Fsp3) is 0.133. The van der Waals surface area contributed by atoms with Crippen molar-refractivity contribution >= 4 is 17.6 Å². The molecule has 0 aliphatic carbocycles. The molecule has 6 heteroatoms. The second-order valence-electron chi connectivity index (χ2n) is 4.27. The van der Waals surface area contributed by atoms with Crippen LogP contribution in [0.5, 0.6) is 5.75 Å². The average molecular weight is 286 g/mol. The lowest BCUT2D eigenvalue weighted by Crippen LogP contribution is -2.27. The van der Waals surface area contributed by atoms with Gasteiger partial charge in [0.1, 0.15) is 11.4 Å². The van der Waals surface area contributed by atoms with Crippen molar-refractivity contribution in [3.8, 4) is 5.75 Å². The average Bonchev–Trinajstić information content (AvgIpc) is 2.53. The summed E-state index contributed by atoms with van der Waals surface area (Å²) in [6.07, 6.45) is 1.30. The summed E-state index contributed by atoms with van der Waals surface area (Å²) in [6, 6.07) is 9.80. The highest BCUT2D eigenvalue weighted by atomic mass is 16.5. The molecule has 6 nitrogen and oxygen atoms in total. The summed E-state index contributed by atoms with van der Waals surface area (Å²) in [5.41, 5.74) is 0.670. The van der Waals surface area contributed by atoms with Crippen molar-refractivity contribution in [2.75, 3.05) is 19.1 Å². The zero-order valence-electron chi connectivity index (χ0n) is 11.6. The van der Waals surface area contributed by atoms with E-state index in [0.717, 1.165) is 0 Å². The van der Waals surface area contributed by atoms with Gasteiger partial charge in [0.05, 0.1) is 12.8 Å². The lowest BCUT2D eigenvalue weighted by molar-refractivity contribution is 0.0690.